The van der Waals surface area contributed by atoms with Crippen LogP contribution in [0.2, 0.25) is 10.0 Å². The number of phenols is 1. The molecule has 0 aromatic heterocycles. The van der Waals surface area contributed by atoms with Crippen LogP contribution in [0.3, 0.4) is 0 Å². The molecule has 19 heavy (non-hydrogen) atoms. The Labute approximate surface area is 121 Å². The molecule has 1 amide bonds. The molecule has 0 aliphatic carbocycles. The van der Waals surface area contributed by atoms with E-state index in [1.807, 2.05) is 13.8 Å². The number of rotatable bonds is 5. The summed E-state index contributed by atoms with van der Waals surface area (Å²) in [4.78, 5) is 21.0. The predicted octanol–water partition coefficient (Wildman–Crippen LogP) is 2.99. The number of amides is 1. The Morgan fingerprint density at radius 3 is 2.47 bits per heavy atom. The van der Waals surface area contributed by atoms with E-state index >= 15 is 0 Å². The third-order valence-electron chi connectivity index (χ3n) is 2.08. The lowest BCUT2D eigenvalue weighted by Crippen LogP contribution is -2.22. The fourth-order valence-corrected chi connectivity index (χ4v) is 1.88. The van der Waals surface area contributed by atoms with Crippen LogP contribution in [0, 0.1) is 0 Å². The monoisotopic (exact) mass is 307 g/mol. The van der Waals surface area contributed by atoms with Gasteiger partial charge in [-0.1, -0.05) is 37.0 Å². The van der Waals surface area contributed by atoms with Gasteiger partial charge in [0.1, 0.15) is 5.75 Å². The van der Waals surface area contributed by atoms with Gasteiger partial charge in [0.15, 0.2) is 0 Å². The molecule has 3 N–H and O–H groups in total. The van der Waals surface area contributed by atoms with Crippen LogP contribution in [0.25, 0.3) is 0 Å². The lowest BCUT2D eigenvalue weighted by molar-refractivity contribution is -0.137. The molecular weight excluding hydrogens is 293 g/mol. The van der Waals surface area contributed by atoms with Gasteiger partial charge in [0, 0.05) is 10.6 Å². The average molecular weight is 308 g/mol. The molecule has 0 bridgehead atoms. The maximum absolute atomic E-state index is 10.6. The van der Waals surface area contributed by atoms with Gasteiger partial charge >= 0.3 is 5.97 Å². The van der Waals surface area contributed by atoms with Crippen LogP contribution >= 0.6 is 23.2 Å². The van der Waals surface area contributed by atoms with Crippen molar-refractivity contribution < 1.29 is 19.8 Å². The molecule has 0 spiro atoms. The van der Waals surface area contributed by atoms with Crippen LogP contribution in [-0.4, -0.2) is 22.6 Å². The van der Waals surface area contributed by atoms with Gasteiger partial charge in [-0.2, -0.15) is 0 Å². The SMILES string of the molecule is CC.O=CN[C@@H](CC(=O)O)c1cc(Cl)cc(Cl)c1O. The molecule has 106 valence electrons. The molecule has 1 atom stereocenters. The highest BCUT2D eigenvalue weighted by molar-refractivity contribution is 6.35. The second-order valence-corrected chi connectivity index (χ2v) is 4.10. The Morgan fingerprint density at radius 1 is 1.42 bits per heavy atom. The third-order valence-corrected chi connectivity index (χ3v) is 2.59. The van der Waals surface area contributed by atoms with Crippen molar-refractivity contribution >= 4 is 35.6 Å². The second kappa shape index (κ2) is 8.61. The summed E-state index contributed by atoms with van der Waals surface area (Å²) < 4.78 is 0. The Morgan fingerprint density at radius 2 is 2.00 bits per heavy atom. The Balaban J connectivity index is 0.00000154. The highest BCUT2D eigenvalue weighted by Gasteiger charge is 2.20. The molecule has 0 saturated carbocycles. The van der Waals surface area contributed by atoms with E-state index in [0.29, 0.717) is 6.41 Å². The Hall–Kier alpha value is -1.46. The van der Waals surface area contributed by atoms with Crippen molar-refractivity contribution in [3.8, 4) is 5.75 Å². The van der Waals surface area contributed by atoms with Crippen molar-refractivity contribution in [2.45, 2.75) is 26.3 Å². The van der Waals surface area contributed by atoms with Gasteiger partial charge in [0.2, 0.25) is 6.41 Å². The first-order valence-electron chi connectivity index (χ1n) is 5.55. The summed E-state index contributed by atoms with van der Waals surface area (Å²) in [6, 6.07) is 1.79. The summed E-state index contributed by atoms with van der Waals surface area (Å²) in [5.74, 6) is -1.42. The van der Waals surface area contributed by atoms with Gasteiger partial charge in [0.25, 0.3) is 0 Å². The zero-order chi connectivity index (χ0) is 15.0. The molecular formula is C12H15Cl2NO4. The molecule has 5 nitrogen and oxygen atoms in total. The Bertz CT molecular complexity index is 452. The van der Waals surface area contributed by atoms with Crippen molar-refractivity contribution in [2.75, 3.05) is 0 Å². The van der Waals surface area contributed by atoms with E-state index in [0.717, 1.165) is 0 Å². The van der Waals surface area contributed by atoms with Gasteiger partial charge in [-0.15, -0.1) is 0 Å². The Kier molecular flexibility index (Phi) is 7.95. The molecule has 0 radical (unpaired) electrons. The first-order valence-corrected chi connectivity index (χ1v) is 6.30. The fraction of sp³-hybridized carbons (Fsp3) is 0.333. The van der Waals surface area contributed by atoms with Crippen molar-refractivity contribution in [3.63, 3.8) is 0 Å². The summed E-state index contributed by atoms with van der Waals surface area (Å²) in [6.07, 6.45) is -0.0369. The fourth-order valence-electron chi connectivity index (χ4n) is 1.37. The number of aliphatic carboxylic acids is 1. The van der Waals surface area contributed by atoms with Crippen molar-refractivity contribution in [2.24, 2.45) is 0 Å². The third kappa shape index (κ3) is 5.36. The normalized spacial score (nSPS) is 10.9. The minimum atomic E-state index is -1.13. The van der Waals surface area contributed by atoms with E-state index in [4.69, 9.17) is 28.3 Å². The molecule has 0 fully saturated rings. The molecule has 0 aliphatic rings. The highest BCUT2D eigenvalue weighted by Crippen LogP contribution is 2.35. The zero-order valence-corrected chi connectivity index (χ0v) is 12.0. The minimum absolute atomic E-state index is 0.00409. The average Bonchev–Trinajstić information content (AvgIpc) is 2.35. The van der Waals surface area contributed by atoms with Crippen LogP contribution in [0.5, 0.6) is 5.75 Å². The number of carbonyl (C=O) groups excluding carboxylic acids is 1. The summed E-state index contributed by atoms with van der Waals surface area (Å²) >= 11 is 11.4. The van der Waals surface area contributed by atoms with Crippen LogP contribution in [0.4, 0.5) is 0 Å². The zero-order valence-electron chi connectivity index (χ0n) is 10.5. The topological polar surface area (TPSA) is 86.6 Å². The molecule has 1 aromatic carbocycles. The highest BCUT2D eigenvalue weighted by atomic mass is 35.5. The maximum Gasteiger partial charge on any atom is 0.305 e. The molecule has 1 aromatic rings. The van der Waals surface area contributed by atoms with E-state index < -0.39 is 12.0 Å². The summed E-state index contributed by atoms with van der Waals surface area (Å²) in [5.41, 5.74) is 0.164. The molecule has 0 heterocycles. The number of carbonyl (C=O) groups is 2. The molecule has 0 saturated heterocycles. The van der Waals surface area contributed by atoms with Crippen molar-refractivity contribution in [1.29, 1.82) is 0 Å². The number of hydrogen-bond donors (Lipinski definition) is 3. The largest absolute Gasteiger partial charge is 0.506 e. The number of hydrogen-bond acceptors (Lipinski definition) is 3. The van der Waals surface area contributed by atoms with Gasteiger partial charge in [-0.05, 0) is 12.1 Å². The summed E-state index contributed by atoms with van der Waals surface area (Å²) in [6.45, 7) is 4.00. The molecule has 0 unspecified atom stereocenters. The maximum atomic E-state index is 10.6. The van der Waals surface area contributed by atoms with Gasteiger partial charge in [0.05, 0.1) is 17.5 Å². The van der Waals surface area contributed by atoms with Crippen LogP contribution in [0.1, 0.15) is 31.9 Å². The van der Waals surface area contributed by atoms with E-state index in [9.17, 15) is 14.7 Å². The summed E-state index contributed by atoms with van der Waals surface area (Å²) in [5, 5.41) is 20.9. The van der Waals surface area contributed by atoms with Crippen LogP contribution in [-0.2, 0) is 9.59 Å². The number of halogens is 2. The second-order valence-electron chi connectivity index (χ2n) is 3.26. The first kappa shape index (κ1) is 17.5. The minimum Gasteiger partial charge on any atom is -0.506 e. The number of aromatic hydroxyl groups is 1. The molecule has 7 heteroatoms. The lowest BCUT2D eigenvalue weighted by Gasteiger charge is -2.16. The van der Waals surface area contributed by atoms with Gasteiger partial charge < -0.3 is 15.5 Å². The first-order chi connectivity index (χ1) is 8.95. The van der Waals surface area contributed by atoms with Crippen molar-refractivity contribution in [1.82, 2.24) is 5.32 Å². The quantitative estimate of drug-likeness (QED) is 0.730. The van der Waals surface area contributed by atoms with Gasteiger partial charge in [-0.25, -0.2) is 0 Å². The summed E-state index contributed by atoms with van der Waals surface area (Å²) in [7, 11) is 0. The van der Waals surface area contributed by atoms with Crippen molar-refractivity contribution in [3.05, 3.63) is 27.7 Å². The van der Waals surface area contributed by atoms with Gasteiger partial charge in [-0.3, -0.25) is 9.59 Å². The van der Waals surface area contributed by atoms with Crippen LogP contribution < -0.4 is 5.32 Å². The van der Waals surface area contributed by atoms with E-state index in [1.54, 1.807) is 0 Å². The van der Waals surface area contributed by atoms with E-state index in [1.165, 1.54) is 12.1 Å². The van der Waals surface area contributed by atoms with Crippen LogP contribution in [0.15, 0.2) is 12.1 Å². The molecule has 0 aliphatic heterocycles. The number of carboxylic acid groups (broad SMARTS) is 1. The smallest absolute Gasteiger partial charge is 0.305 e. The molecule has 1 rings (SSSR count). The predicted molar refractivity (Wildman–Crippen MR) is 73.7 cm³/mol. The number of benzene rings is 1. The standard InChI is InChI=1S/C10H9Cl2NO4.C2H6/c11-5-1-6(10(17)7(12)2-5)8(13-4-14)3-9(15)16;1-2/h1-2,4,8,17H,3H2,(H,13,14)(H,15,16);1-2H3/t8-;/m0./s1. The van der Waals surface area contributed by atoms with E-state index in [-0.39, 0.29) is 27.8 Å². The number of carboxylic acids is 1. The van der Waals surface area contributed by atoms with E-state index in [2.05, 4.69) is 5.32 Å². The lowest BCUT2D eigenvalue weighted by atomic mass is 10.0. The number of nitrogens with one attached hydrogen (secondary N) is 1. The number of phenolic OH excluding ortho intramolecular Hbond substituents is 1.